The van der Waals surface area contributed by atoms with Crippen LogP contribution in [0, 0.1) is 6.92 Å². The number of carboxylic acid groups (broad SMARTS) is 1. The second-order valence-electron chi connectivity index (χ2n) is 7.90. The van der Waals surface area contributed by atoms with Gasteiger partial charge in [0, 0.05) is 16.8 Å². The fourth-order valence-electron chi connectivity index (χ4n) is 3.66. The predicted molar refractivity (Wildman–Crippen MR) is 134 cm³/mol. The maximum Gasteiger partial charge on any atom is 0.319 e. The number of urea groups is 1. The predicted octanol–water partition coefficient (Wildman–Crippen LogP) is 3.92. The number of amides is 2. The van der Waals surface area contributed by atoms with Gasteiger partial charge in [-0.05, 0) is 42.3 Å². The van der Waals surface area contributed by atoms with Gasteiger partial charge in [0.2, 0.25) is 0 Å². The number of carbonyl (C=O) groups excluding carboxylic acids is 1. The molecule has 0 unspecified atom stereocenters. The zero-order valence-electron chi connectivity index (χ0n) is 19.9. The number of aromatic nitrogens is 1. The molecule has 0 bridgehead atoms. The summed E-state index contributed by atoms with van der Waals surface area (Å²) in [4.78, 5) is 37.3. The summed E-state index contributed by atoms with van der Waals surface area (Å²) in [5, 5.41) is 25.0. The maximum atomic E-state index is 13.0. The lowest BCUT2D eigenvalue weighted by Gasteiger charge is -2.21. The van der Waals surface area contributed by atoms with Crippen LogP contribution in [0.4, 0.5) is 10.5 Å². The van der Waals surface area contributed by atoms with E-state index in [4.69, 9.17) is 21.1 Å². The largest absolute Gasteiger partial charge is 0.505 e. The Hall–Kier alpha value is -4.18. The molecule has 4 N–H and O–H groups in total. The van der Waals surface area contributed by atoms with Gasteiger partial charge in [0.05, 0.1) is 33.2 Å². The molecular formula is C25H26ClN3O7. The highest BCUT2D eigenvalue weighted by Crippen LogP contribution is 2.33. The molecular weight excluding hydrogens is 490 g/mol. The van der Waals surface area contributed by atoms with E-state index in [0.717, 1.165) is 0 Å². The molecule has 190 valence electrons. The SMILES string of the molecule is COc1cc([C@H](CC(=O)O)NC(=O)Nc2c(O)ccn(Cc3ccccc3Cl)c2=O)cc(OC)c1C. The summed E-state index contributed by atoms with van der Waals surface area (Å²) in [6, 6.07) is 9.55. The van der Waals surface area contributed by atoms with Crippen molar-refractivity contribution >= 4 is 29.3 Å². The molecule has 0 spiro atoms. The number of carbonyl (C=O) groups is 2. The number of ether oxygens (including phenoxy) is 2. The van der Waals surface area contributed by atoms with E-state index in [1.807, 2.05) is 0 Å². The van der Waals surface area contributed by atoms with Gasteiger partial charge in [-0.15, -0.1) is 0 Å². The molecule has 0 aliphatic heterocycles. The van der Waals surface area contributed by atoms with E-state index in [2.05, 4.69) is 10.6 Å². The van der Waals surface area contributed by atoms with Crippen LogP contribution < -0.4 is 25.7 Å². The summed E-state index contributed by atoms with van der Waals surface area (Å²) in [5.41, 5.74) is 0.760. The van der Waals surface area contributed by atoms with E-state index in [1.165, 1.54) is 31.0 Å². The van der Waals surface area contributed by atoms with E-state index in [1.54, 1.807) is 43.3 Å². The number of methoxy groups -OCH3 is 2. The fourth-order valence-corrected chi connectivity index (χ4v) is 3.85. The third kappa shape index (κ3) is 6.08. The molecule has 36 heavy (non-hydrogen) atoms. The second kappa shape index (κ2) is 11.5. The van der Waals surface area contributed by atoms with Gasteiger partial charge in [0.25, 0.3) is 5.56 Å². The highest BCUT2D eigenvalue weighted by atomic mass is 35.5. The molecule has 0 fully saturated rings. The third-order valence-electron chi connectivity index (χ3n) is 5.54. The number of carboxylic acids is 1. The van der Waals surface area contributed by atoms with Gasteiger partial charge in [-0.25, -0.2) is 4.79 Å². The van der Waals surface area contributed by atoms with Gasteiger partial charge in [0.1, 0.15) is 17.2 Å². The normalized spacial score (nSPS) is 11.4. The van der Waals surface area contributed by atoms with Crippen molar-refractivity contribution in [2.75, 3.05) is 19.5 Å². The second-order valence-corrected chi connectivity index (χ2v) is 8.31. The van der Waals surface area contributed by atoms with E-state index in [0.29, 0.717) is 33.2 Å². The Balaban J connectivity index is 1.88. The maximum absolute atomic E-state index is 13.0. The monoisotopic (exact) mass is 515 g/mol. The highest BCUT2D eigenvalue weighted by Gasteiger charge is 2.23. The van der Waals surface area contributed by atoms with Gasteiger partial charge in [-0.3, -0.25) is 9.59 Å². The van der Waals surface area contributed by atoms with Crippen molar-refractivity contribution in [2.24, 2.45) is 0 Å². The van der Waals surface area contributed by atoms with Crippen molar-refractivity contribution < 1.29 is 29.3 Å². The van der Waals surface area contributed by atoms with Crippen molar-refractivity contribution in [2.45, 2.75) is 25.9 Å². The lowest BCUT2D eigenvalue weighted by atomic mass is 10.0. The molecule has 0 radical (unpaired) electrons. The van der Waals surface area contributed by atoms with Gasteiger partial charge in [0.15, 0.2) is 5.69 Å². The summed E-state index contributed by atoms with van der Waals surface area (Å²) in [5.74, 6) is -0.710. The zero-order chi connectivity index (χ0) is 26.4. The number of nitrogens with zero attached hydrogens (tertiary/aromatic N) is 1. The number of rotatable bonds is 9. The van der Waals surface area contributed by atoms with Crippen LogP contribution in [0.15, 0.2) is 53.5 Å². The first-order chi connectivity index (χ1) is 17.1. The molecule has 11 heteroatoms. The van der Waals surface area contributed by atoms with Crippen molar-refractivity contribution in [1.82, 2.24) is 9.88 Å². The fraction of sp³-hybridized carbons (Fsp3) is 0.240. The van der Waals surface area contributed by atoms with Crippen LogP contribution in [0.1, 0.15) is 29.2 Å². The average Bonchev–Trinajstić information content (AvgIpc) is 2.84. The number of benzene rings is 2. The summed E-state index contributed by atoms with van der Waals surface area (Å²) < 4.78 is 12.0. The summed E-state index contributed by atoms with van der Waals surface area (Å²) in [7, 11) is 2.92. The molecule has 1 aromatic heterocycles. The molecule has 3 aromatic rings. The first-order valence-corrected chi connectivity index (χ1v) is 11.2. The van der Waals surface area contributed by atoms with Crippen LogP contribution in [0.5, 0.6) is 17.2 Å². The zero-order valence-corrected chi connectivity index (χ0v) is 20.6. The lowest BCUT2D eigenvalue weighted by molar-refractivity contribution is -0.137. The standard InChI is InChI=1S/C25H26ClN3O7/c1-14-20(35-2)10-16(11-21(14)36-3)18(12-22(31)32)27-25(34)28-23-19(30)8-9-29(24(23)33)13-15-6-4-5-7-17(15)26/h4-11,18,30H,12-13H2,1-3H3,(H,31,32)(H2,27,28,34)/t18-/m0/s1. The molecule has 1 atom stereocenters. The minimum absolute atomic E-state index is 0.111. The Kier molecular flexibility index (Phi) is 8.44. The van der Waals surface area contributed by atoms with E-state index < -0.39 is 35.8 Å². The number of nitrogens with one attached hydrogen (secondary N) is 2. The van der Waals surface area contributed by atoms with Crippen molar-refractivity contribution in [3.63, 3.8) is 0 Å². The Morgan fingerprint density at radius 1 is 1.11 bits per heavy atom. The molecule has 0 aliphatic carbocycles. The molecule has 2 aromatic carbocycles. The Bertz CT molecular complexity index is 1310. The first kappa shape index (κ1) is 26.4. The van der Waals surface area contributed by atoms with Crippen LogP contribution in [0.25, 0.3) is 0 Å². The van der Waals surface area contributed by atoms with Crippen molar-refractivity contribution in [3.8, 4) is 17.2 Å². The van der Waals surface area contributed by atoms with Crippen LogP contribution in [0.2, 0.25) is 5.02 Å². The minimum Gasteiger partial charge on any atom is -0.505 e. The number of hydrogen-bond acceptors (Lipinski definition) is 6. The van der Waals surface area contributed by atoms with Crippen molar-refractivity contribution in [3.05, 3.63) is 80.7 Å². The molecule has 2 amide bonds. The average molecular weight is 516 g/mol. The molecule has 0 aliphatic rings. The lowest BCUT2D eigenvalue weighted by Crippen LogP contribution is -2.36. The number of anilines is 1. The topological polar surface area (TPSA) is 139 Å². The van der Waals surface area contributed by atoms with E-state index >= 15 is 0 Å². The van der Waals surface area contributed by atoms with Gasteiger partial charge in [-0.2, -0.15) is 0 Å². The Morgan fingerprint density at radius 2 is 1.75 bits per heavy atom. The van der Waals surface area contributed by atoms with E-state index in [-0.39, 0.29) is 12.2 Å². The number of halogens is 1. The van der Waals surface area contributed by atoms with Crippen LogP contribution in [0.3, 0.4) is 0 Å². The summed E-state index contributed by atoms with van der Waals surface area (Å²) in [6.45, 7) is 1.89. The molecule has 1 heterocycles. The van der Waals surface area contributed by atoms with Crippen molar-refractivity contribution in [1.29, 1.82) is 0 Å². The molecule has 3 rings (SSSR count). The molecule has 0 saturated heterocycles. The van der Waals surface area contributed by atoms with Crippen LogP contribution >= 0.6 is 11.6 Å². The Morgan fingerprint density at radius 3 is 2.33 bits per heavy atom. The van der Waals surface area contributed by atoms with Gasteiger partial charge in [-0.1, -0.05) is 29.8 Å². The highest BCUT2D eigenvalue weighted by molar-refractivity contribution is 6.31. The molecule has 10 nitrogen and oxygen atoms in total. The summed E-state index contributed by atoms with van der Waals surface area (Å²) >= 11 is 6.18. The van der Waals surface area contributed by atoms with Crippen LogP contribution in [-0.4, -0.2) is 41.0 Å². The quantitative estimate of drug-likeness (QED) is 0.338. The first-order valence-electron chi connectivity index (χ1n) is 10.8. The van der Waals surface area contributed by atoms with Crippen LogP contribution in [-0.2, 0) is 11.3 Å². The Labute approximate surface area is 212 Å². The molecule has 0 saturated carbocycles. The van der Waals surface area contributed by atoms with Gasteiger partial charge >= 0.3 is 12.0 Å². The van der Waals surface area contributed by atoms with Gasteiger partial charge < -0.3 is 34.9 Å². The number of pyridine rings is 1. The summed E-state index contributed by atoms with van der Waals surface area (Å²) in [6.07, 6.45) is 0.919. The minimum atomic E-state index is -1.16. The third-order valence-corrected chi connectivity index (χ3v) is 5.91. The number of aromatic hydroxyl groups is 1. The van der Waals surface area contributed by atoms with E-state index in [9.17, 15) is 24.6 Å². The smallest absolute Gasteiger partial charge is 0.319 e. The number of aliphatic carboxylic acids is 1. The number of hydrogen-bond donors (Lipinski definition) is 4.